The third-order valence-electron chi connectivity index (χ3n) is 3.10. The lowest BCUT2D eigenvalue weighted by Crippen LogP contribution is -1.99. The summed E-state index contributed by atoms with van der Waals surface area (Å²) in [5.74, 6) is -0.240. The summed E-state index contributed by atoms with van der Waals surface area (Å²) in [6.07, 6.45) is 0. The average molecular weight is 283 g/mol. The van der Waals surface area contributed by atoms with Gasteiger partial charge >= 0.3 is 5.97 Å². The first-order valence-electron chi connectivity index (χ1n) is 6.51. The van der Waals surface area contributed by atoms with E-state index in [1.165, 1.54) is 6.07 Å². The van der Waals surface area contributed by atoms with Crippen molar-refractivity contribution >= 4 is 17.0 Å². The summed E-state index contributed by atoms with van der Waals surface area (Å²) >= 11 is 0. The highest BCUT2D eigenvalue weighted by molar-refractivity contribution is 6.00. The molecule has 21 heavy (non-hydrogen) atoms. The Balaban J connectivity index is 2.08. The first-order chi connectivity index (χ1) is 10.2. The molecule has 3 aromatic rings. The van der Waals surface area contributed by atoms with E-state index < -0.39 is 5.97 Å². The summed E-state index contributed by atoms with van der Waals surface area (Å²) in [4.78, 5) is 11.2. The number of aromatic carboxylic acids is 1. The van der Waals surface area contributed by atoms with E-state index in [-0.39, 0.29) is 5.56 Å². The molecule has 0 bridgehead atoms. The average Bonchev–Trinajstić information content (AvgIpc) is 2.92. The van der Waals surface area contributed by atoms with Crippen LogP contribution in [-0.4, -0.2) is 32.7 Å². The van der Waals surface area contributed by atoms with Crippen molar-refractivity contribution in [2.75, 3.05) is 6.61 Å². The number of rotatable bonds is 4. The Hall–Kier alpha value is -2.89. The normalized spacial score (nSPS) is 10.7. The molecule has 1 aromatic heterocycles. The third-order valence-corrected chi connectivity index (χ3v) is 3.10. The minimum absolute atomic E-state index is 0.143. The largest absolute Gasteiger partial charge is 0.494 e. The number of hydrogen-bond acceptors (Lipinski definition) is 4. The lowest BCUT2D eigenvalue weighted by atomic mass is 10.2. The fourth-order valence-electron chi connectivity index (χ4n) is 2.16. The van der Waals surface area contributed by atoms with Gasteiger partial charge in [0.15, 0.2) is 0 Å². The number of aromatic nitrogens is 3. The van der Waals surface area contributed by atoms with Crippen molar-refractivity contribution in [2.24, 2.45) is 0 Å². The highest BCUT2D eigenvalue weighted by Gasteiger charge is 2.14. The molecule has 0 aliphatic heterocycles. The van der Waals surface area contributed by atoms with Gasteiger partial charge < -0.3 is 9.84 Å². The molecule has 6 heteroatoms. The van der Waals surface area contributed by atoms with E-state index in [9.17, 15) is 4.79 Å². The standard InChI is InChI=1S/C15H13N3O3/c1-2-21-11-8-6-10(7-9-11)18-13-5-3-4-12(15(19)20)14(13)16-17-18/h3-9H,2H2,1H3,(H,19,20). The fraction of sp³-hybridized carbons (Fsp3) is 0.133. The van der Waals surface area contributed by atoms with Crippen molar-refractivity contribution < 1.29 is 14.6 Å². The molecular formula is C15H13N3O3. The minimum atomic E-state index is -1.01. The second-order valence-electron chi connectivity index (χ2n) is 4.41. The second-order valence-corrected chi connectivity index (χ2v) is 4.41. The number of carboxylic acids is 1. The zero-order valence-corrected chi connectivity index (χ0v) is 11.4. The molecule has 0 spiro atoms. The number of carboxylic acid groups (broad SMARTS) is 1. The van der Waals surface area contributed by atoms with Gasteiger partial charge in [0.05, 0.1) is 23.4 Å². The maximum Gasteiger partial charge on any atom is 0.338 e. The lowest BCUT2D eigenvalue weighted by Gasteiger charge is -2.05. The lowest BCUT2D eigenvalue weighted by molar-refractivity contribution is 0.0699. The van der Waals surface area contributed by atoms with Crippen LogP contribution in [0.2, 0.25) is 0 Å². The molecule has 0 unspecified atom stereocenters. The highest BCUT2D eigenvalue weighted by Crippen LogP contribution is 2.21. The second kappa shape index (κ2) is 5.24. The molecule has 0 saturated carbocycles. The Labute approximate surface area is 120 Å². The Morgan fingerprint density at radius 1 is 1.24 bits per heavy atom. The van der Waals surface area contributed by atoms with E-state index in [1.54, 1.807) is 16.8 Å². The molecule has 0 fully saturated rings. The predicted molar refractivity (Wildman–Crippen MR) is 77.0 cm³/mol. The van der Waals surface area contributed by atoms with Crippen LogP contribution >= 0.6 is 0 Å². The van der Waals surface area contributed by atoms with Gasteiger partial charge in [0, 0.05) is 0 Å². The predicted octanol–water partition coefficient (Wildman–Crippen LogP) is 2.52. The van der Waals surface area contributed by atoms with Crippen LogP contribution in [0.5, 0.6) is 5.75 Å². The van der Waals surface area contributed by atoms with Crippen molar-refractivity contribution in [2.45, 2.75) is 6.92 Å². The first-order valence-corrected chi connectivity index (χ1v) is 6.51. The van der Waals surface area contributed by atoms with Gasteiger partial charge in [0.25, 0.3) is 0 Å². The van der Waals surface area contributed by atoms with Crippen LogP contribution in [0.1, 0.15) is 17.3 Å². The van der Waals surface area contributed by atoms with Crippen molar-refractivity contribution in [3.05, 3.63) is 48.0 Å². The summed E-state index contributed by atoms with van der Waals surface area (Å²) in [6, 6.07) is 12.4. The van der Waals surface area contributed by atoms with Gasteiger partial charge in [-0.15, -0.1) is 5.10 Å². The van der Waals surface area contributed by atoms with E-state index in [4.69, 9.17) is 9.84 Å². The van der Waals surface area contributed by atoms with Crippen LogP contribution in [0, 0.1) is 0 Å². The summed E-state index contributed by atoms with van der Waals surface area (Å²) in [5, 5.41) is 17.2. The summed E-state index contributed by atoms with van der Waals surface area (Å²) in [7, 11) is 0. The van der Waals surface area contributed by atoms with Gasteiger partial charge in [0.1, 0.15) is 11.3 Å². The van der Waals surface area contributed by atoms with Crippen molar-refractivity contribution in [3.8, 4) is 11.4 Å². The molecule has 0 saturated heterocycles. The highest BCUT2D eigenvalue weighted by atomic mass is 16.5. The van der Waals surface area contributed by atoms with E-state index >= 15 is 0 Å². The van der Waals surface area contributed by atoms with E-state index in [0.29, 0.717) is 17.6 Å². The fourth-order valence-corrected chi connectivity index (χ4v) is 2.16. The van der Waals surface area contributed by atoms with E-state index in [0.717, 1.165) is 11.4 Å². The maximum atomic E-state index is 11.2. The van der Waals surface area contributed by atoms with Gasteiger partial charge in [0.2, 0.25) is 0 Å². The van der Waals surface area contributed by atoms with Crippen LogP contribution in [0.3, 0.4) is 0 Å². The number of fused-ring (bicyclic) bond motifs is 1. The van der Waals surface area contributed by atoms with Gasteiger partial charge in [-0.3, -0.25) is 0 Å². The molecule has 3 rings (SSSR count). The number of hydrogen-bond donors (Lipinski definition) is 1. The molecule has 1 N–H and O–H groups in total. The summed E-state index contributed by atoms with van der Waals surface area (Å²) in [6.45, 7) is 2.53. The zero-order valence-electron chi connectivity index (χ0n) is 11.4. The monoisotopic (exact) mass is 283 g/mol. The molecule has 0 aliphatic rings. The molecular weight excluding hydrogens is 270 g/mol. The van der Waals surface area contributed by atoms with Crippen LogP contribution < -0.4 is 4.74 Å². The van der Waals surface area contributed by atoms with Crippen LogP contribution in [0.4, 0.5) is 0 Å². The SMILES string of the molecule is CCOc1ccc(-n2nnc3c(C(=O)O)cccc32)cc1. The maximum absolute atomic E-state index is 11.2. The summed E-state index contributed by atoms with van der Waals surface area (Å²) in [5.41, 5.74) is 1.96. The Morgan fingerprint density at radius 3 is 2.67 bits per heavy atom. The van der Waals surface area contributed by atoms with Gasteiger partial charge in [-0.05, 0) is 43.3 Å². The van der Waals surface area contributed by atoms with Crippen LogP contribution in [-0.2, 0) is 0 Å². The Bertz CT molecular complexity index is 794. The molecule has 1 heterocycles. The molecule has 0 amide bonds. The smallest absolute Gasteiger partial charge is 0.338 e. The van der Waals surface area contributed by atoms with Crippen LogP contribution in [0.25, 0.3) is 16.7 Å². The van der Waals surface area contributed by atoms with E-state index in [1.807, 2.05) is 31.2 Å². The quantitative estimate of drug-likeness (QED) is 0.796. The van der Waals surface area contributed by atoms with Crippen molar-refractivity contribution in [1.82, 2.24) is 15.0 Å². The number of carbonyl (C=O) groups is 1. The van der Waals surface area contributed by atoms with Crippen LogP contribution in [0.15, 0.2) is 42.5 Å². The zero-order chi connectivity index (χ0) is 14.8. The molecule has 0 aliphatic carbocycles. The Kier molecular flexibility index (Phi) is 3.27. The van der Waals surface area contributed by atoms with Gasteiger partial charge in [-0.1, -0.05) is 11.3 Å². The molecule has 0 atom stereocenters. The molecule has 0 radical (unpaired) electrons. The van der Waals surface area contributed by atoms with Gasteiger partial charge in [-0.2, -0.15) is 0 Å². The molecule has 106 valence electrons. The van der Waals surface area contributed by atoms with Gasteiger partial charge in [-0.25, -0.2) is 9.48 Å². The van der Waals surface area contributed by atoms with Crippen molar-refractivity contribution in [3.63, 3.8) is 0 Å². The minimum Gasteiger partial charge on any atom is -0.494 e. The first kappa shape index (κ1) is 13.1. The van der Waals surface area contributed by atoms with E-state index in [2.05, 4.69) is 10.3 Å². The number of ether oxygens (including phenoxy) is 1. The third kappa shape index (κ3) is 2.31. The molecule has 6 nitrogen and oxygen atoms in total. The molecule has 2 aromatic carbocycles. The summed E-state index contributed by atoms with van der Waals surface area (Å²) < 4.78 is 7.00. The topological polar surface area (TPSA) is 77.2 Å². The Morgan fingerprint density at radius 2 is 2.00 bits per heavy atom. The number of benzene rings is 2. The van der Waals surface area contributed by atoms with Crippen molar-refractivity contribution in [1.29, 1.82) is 0 Å². The number of nitrogens with zero attached hydrogens (tertiary/aromatic N) is 3.